The highest BCUT2D eigenvalue weighted by Gasteiger charge is 2.47. The van der Waals surface area contributed by atoms with Gasteiger partial charge in [0.1, 0.15) is 6.04 Å². The van der Waals surface area contributed by atoms with Crippen LogP contribution in [0.5, 0.6) is 0 Å². The number of aromatic amines is 1. The minimum Gasteiger partial charge on any atom is -0.480 e. The molecule has 2 fully saturated rings. The first kappa shape index (κ1) is 15.2. The summed E-state index contributed by atoms with van der Waals surface area (Å²) in [5, 5.41) is 10.6. The molecule has 5 heteroatoms. The van der Waals surface area contributed by atoms with Crippen molar-refractivity contribution in [2.45, 2.75) is 50.6 Å². The van der Waals surface area contributed by atoms with Gasteiger partial charge in [0, 0.05) is 23.1 Å². The summed E-state index contributed by atoms with van der Waals surface area (Å²) < 4.78 is 0. The quantitative estimate of drug-likeness (QED) is 0.911. The Hall–Kier alpha value is -2.30. The van der Waals surface area contributed by atoms with Crippen LogP contribution in [0.1, 0.15) is 37.7 Å². The van der Waals surface area contributed by atoms with Crippen molar-refractivity contribution in [1.82, 2.24) is 9.88 Å². The van der Waals surface area contributed by atoms with E-state index in [4.69, 9.17) is 0 Å². The van der Waals surface area contributed by atoms with Gasteiger partial charge in [-0.3, -0.25) is 4.79 Å². The number of nitrogens with one attached hydrogen (secondary N) is 1. The molecule has 24 heavy (non-hydrogen) atoms. The lowest BCUT2D eigenvalue weighted by Gasteiger charge is -2.33. The number of likely N-dealkylation sites (tertiary alicyclic amines) is 1. The fourth-order valence-corrected chi connectivity index (χ4v) is 4.57. The van der Waals surface area contributed by atoms with Crippen LogP contribution in [0.2, 0.25) is 0 Å². The maximum absolute atomic E-state index is 13.0. The zero-order chi connectivity index (χ0) is 16.7. The van der Waals surface area contributed by atoms with Crippen LogP contribution in [0.25, 0.3) is 10.9 Å². The van der Waals surface area contributed by atoms with E-state index in [1.54, 1.807) is 4.90 Å². The van der Waals surface area contributed by atoms with Crippen molar-refractivity contribution in [2.75, 3.05) is 0 Å². The third-order valence-corrected chi connectivity index (χ3v) is 5.68. The molecule has 126 valence electrons. The number of carboxylic acids is 1. The zero-order valence-corrected chi connectivity index (χ0v) is 13.6. The maximum atomic E-state index is 13.0. The second-order valence-electron chi connectivity index (χ2n) is 7.04. The van der Waals surface area contributed by atoms with Gasteiger partial charge in [-0.25, -0.2) is 4.79 Å². The molecular formula is C19H22N2O3. The van der Waals surface area contributed by atoms with Gasteiger partial charge in [0.05, 0.1) is 6.42 Å². The van der Waals surface area contributed by atoms with Crippen molar-refractivity contribution in [1.29, 1.82) is 0 Å². The standard InChI is InChI=1S/C19H22N2O3/c22-18(10-13-11-20-15-7-3-2-6-14(13)15)21-16-8-4-1-5-12(16)9-17(21)19(23)24/h2-3,6-7,11-12,16-17,20H,1,4-5,8-10H2,(H,23,24). The van der Waals surface area contributed by atoms with Gasteiger partial charge in [0.15, 0.2) is 0 Å². The molecule has 2 aromatic rings. The van der Waals surface area contributed by atoms with E-state index in [0.717, 1.165) is 42.1 Å². The Labute approximate surface area is 140 Å². The molecule has 1 aromatic carbocycles. The number of aromatic nitrogens is 1. The number of fused-ring (bicyclic) bond motifs is 2. The molecule has 1 aliphatic heterocycles. The van der Waals surface area contributed by atoms with Crippen LogP contribution in [0.4, 0.5) is 0 Å². The average molecular weight is 326 g/mol. The summed E-state index contributed by atoms with van der Waals surface area (Å²) in [5.74, 6) is -0.565. The lowest BCUT2D eigenvalue weighted by atomic mass is 9.84. The molecule has 2 N–H and O–H groups in total. The first-order chi connectivity index (χ1) is 11.6. The van der Waals surface area contributed by atoms with Crippen molar-refractivity contribution < 1.29 is 14.7 Å². The largest absolute Gasteiger partial charge is 0.480 e. The minimum atomic E-state index is -0.864. The number of carboxylic acid groups (broad SMARTS) is 1. The van der Waals surface area contributed by atoms with Crippen molar-refractivity contribution >= 4 is 22.8 Å². The van der Waals surface area contributed by atoms with Gasteiger partial charge >= 0.3 is 5.97 Å². The number of H-pyrrole nitrogens is 1. The highest BCUT2D eigenvalue weighted by Crippen LogP contribution is 2.40. The Morgan fingerprint density at radius 2 is 2.00 bits per heavy atom. The maximum Gasteiger partial charge on any atom is 0.326 e. The number of aliphatic carboxylic acids is 1. The summed E-state index contributed by atoms with van der Waals surface area (Å²) in [6, 6.07) is 7.34. The molecule has 0 bridgehead atoms. The van der Waals surface area contributed by atoms with E-state index in [0.29, 0.717) is 12.3 Å². The van der Waals surface area contributed by atoms with Crippen molar-refractivity contribution in [3.05, 3.63) is 36.0 Å². The van der Waals surface area contributed by atoms with Crippen LogP contribution in [-0.4, -0.2) is 39.0 Å². The number of hydrogen-bond donors (Lipinski definition) is 2. The molecule has 1 amide bonds. The van der Waals surface area contributed by atoms with E-state index in [1.165, 1.54) is 0 Å². The fourth-order valence-electron chi connectivity index (χ4n) is 4.57. The second-order valence-corrected chi connectivity index (χ2v) is 7.04. The molecule has 2 aliphatic rings. The van der Waals surface area contributed by atoms with E-state index in [2.05, 4.69) is 4.98 Å². The number of para-hydroxylation sites is 1. The van der Waals surface area contributed by atoms with E-state index in [-0.39, 0.29) is 18.4 Å². The van der Waals surface area contributed by atoms with Gasteiger partial charge < -0.3 is 15.0 Å². The van der Waals surface area contributed by atoms with Gasteiger partial charge in [0.25, 0.3) is 0 Å². The lowest BCUT2D eigenvalue weighted by Crippen LogP contribution is -2.46. The van der Waals surface area contributed by atoms with E-state index < -0.39 is 12.0 Å². The average Bonchev–Trinajstić information content (AvgIpc) is 3.16. The predicted molar refractivity (Wildman–Crippen MR) is 90.6 cm³/mol. The van der Waals surface area contributed by atoms with Crippen molar-refractivity contribution in [2.24, 2.45) is 5.92 Å². The van der Waals surface area contributed by atoms with Gasteiger partial charge in [-0.1, -0.05) is 31.0 Å². The molecule has 4 rings (SSSR count). The third kappa shape index (κ3) is 2.48. The molecule has 2 heterocycles. The minimum absolute atomic E-state index is 0.0541. The molecule has 1 saturated carbocycles. The fraction of sp³-hybridized carbons (Fsp3) is 0.474. The summed E-state index contributed by atoms with van der Waals surface area (Å²) >= 11 is 0. The number of nitrogens with zero attached hydrogens (tertiary/aromatic N) is 1. The summed E-state index contributed by atoms with van der Waals surface area (Å²) in [6.45, 7) is 0. The highest BCUT2D eigenvalue weighted by molar-refractivity contribution is 5.91. The van der Waals surface area contributed by atoms with Gasteiger partial charge in [-0.15, -0.1) is 0 Å². The number of carbonyl (C=O) groups is 2. The molecule has 1 aliphatic carbocycles. The summed E-state index contributed by atoms with van der Waals surface area (Å²) in [4.78, 5) is 29.5. The molecule has 5 nitrogen and oxygen atoms in total. The van der Waals surface area contributed by atoms with Gasteiger partial charge in [-0.05, 0) is 36.8 Å². The van der Waals surface area contributed by atoms with Crippen molar-refractivity contribution in [3.8, 4) is 0 Å². The van der Waals surface area contributed by atoms with Gasteiger partial charge in [0.2, 0.25) is 5.91 Å². The number of amides is 1. The number of carbonyl (C=O) groups excluding carboxylic acids is 1. The number of benzene rings is 1. The third-order valence-electron chi connectivity index (χ3n) is 5.68. The second kappa shape index (κ2) is 5.96. The molecular weight excluding hydrogens is 304 g/mol. The SMILES string of the molecule is O=C(O)C1CC2CCCCC2N1C(=O)Cc1c[nH]c2ccccc12. The Morgan fingerprint density at radius 3 is 2.83 bits per heavy atom. The monoisotopic (exact) mass is 326 g/mol. The molecule has 3 atom stereocenters. The van der Waals surface area contributed by atoms with Crippen LogP contribution >= 0.6 is 0 Å². The van der Waals surface area contributed by atoms with Crippen LogP contribution in [0, 0.1) is 5.92 Å². The Balaban J connectivity index is 1.60. The van der Waals surface area contributed by atoms with E-state index in [9.17, 15) is 14.7 Å². The van der Waals surface area contributed by atoms with Gasteiger partial charge in [-0.2, -0.15) is 0 Å². The van der Waals surface area contributed by atoms with Crippen LogP contribution in [0.15, 0.2) is 30.5 Å². The molecule has 1 saturated heterocycles. The van der Waals surface area contributed by atoms with Crippen LogP contribution < -0.4 is 0 Å². The first-order valence-electron chi connectivity index (χ1n) is 8.74. The zero-order valence-electron chi connectivity index (χ0n) is 13.6. The summed E-state index contributed by atoms with van der Waals surface area (Å²) in [5.41, 5.74) is 1.95. The van der Waals surface area contributed by atoms with Crippen LogP contribution in [-0.2, 0) is 16.0 Å². The highest BCUT2D eigenvalue weighted by atomic mass is 16.4. The van der Waals surface area contributed by atoms with Crippen LogP contribution in [0.3, 0.4) is 0 Å². The van der Waals surface area contributed by atoms with E-state index in [1.807, 2.05) is 30.5 Å². The number of rotatable bonds is 3. The van der Waals surface area contributed by atoms with E-state index >= 15 is 0 Å². The molecule has 3 unspecified atom stereocenters. The summed E-state index contributed by atoms with van der Waals surface area (Å²) in [6.07, 6.45) is 6.96. The Bertz CT molecular complexity index is 782. The number of hydrogen-bond acceptors (Lipinski definition) is 2. The molecule has 0 spiro atoms. The Kier molecular flexibility index (Phi) is 3.79. The predicted octanol–water partition coefficient (Wildman–Crippen LogP) is 2.95. The molecule has 1 aromatic heterocycles. The first-order valence-corrected chi connectivity index (χ1v) is 8.74. The topological polar surface area (TPSA) is 73.4 Å². The van der Waals surface area contributed by atoms with Crippen molar-refractivity contribution in [3.63, 3.8) is 0 Å². The lowest BCUT2D eigenvalue weighted by molar-refractivity contribution is -0.149. The Morgan fingerprint density at radius 1 is 1.21 bits per heavy atom. The summed E-state index contributed by atoms with van der Waals surface area (Å²) in [7, 11) is 0. The normalized spacial score (nSPS) is 26.5. The molecule has 0 radical (unpaired) electrons. The smallest absolute Gasteiger partial charge is 0.326 e.